The van der Waals surface area contributed by atoms with E-state index < -0.39 is 0 Å². The summed E-state index contributed by atoms with van der Waals surface area (Å²) in [6, 6.07) is 8.02. The van der Waals surface area contributed by atoms with Crippen LogP contribution in [0.2, 0.25) is 0 Å². The minimum Gasteiger partial charge on any atom is -0.383 e. The summed E-state index contributed by atoms with van der Waals surface area (Å²) < 4.78 is 5.17. The Labute approximate surface area is 116 Å². The zero-order valence-electron chi connectivity index (χ0n) is 12.5. The van der Waals surface area contributed by atoms with Gasteiger partial charge in [0.25, 0.3) is 5.91 Å². The Morgan fingerprint density at radius 1 is 1.42 bits per heavy atom. The van der Waals surface area contributed by atoms with Gasteiger partial charge in [-0.2, -0.15) is 0 Å². The lowest BCUT2D eigenvalue weighted by Gasteiger charge is -2.24. The van der Waals surface area contributed by atoms with Crippen LogP contribution in [0.25, 0.3) is 0 Å². The molecule has 1 saturated heterocycles. The van der Waals surface area contributed by atoms with E-state index in [2.05, 4.69) is 0 Å². The van der Waals surface area contributed by atoms with Crippen molar-refractivity contribution in [2.45, 2.75) is 39.7 Å². The Bertz CT molecular complexity index is 403. The summed E-state index contributed by atoms with van der Waals surface area (Å²) in [4.78, 5) is 14.3. The van der Waals surface area contributed by atoms with E-state index >= 15 is 0 Å². The van der Waals surface area contributed by atoms with Crippen molar-refractivity contribution in [1.82, 2.24) is 4.90 Å². The Kier molecular flexibility index (Phi) is 6.57. The van der Waals surface area contributed by atoms with Crippen LogP contribution >= 0.6 is 0 Å². The SMILES string of the molecule is CC.COC[C@H]1CCCN1C(=O)c1cccc(C)c1. The second kappa shape index (κ2) is 7.95. The van der Waals surface area contributed by atoms with Crippen LogP contribution in [0.15, 0.2) is 24.3 Å². The molecule has 3 nitrogen and oxygen atoms in total. The van der Waals surface area contributed by atoms with E-state index in [1.54, 1.807) is 7.11 Å². The fourth-order valence-electron chi connectivity index (χ4n) is 2.41. The number of carbonyl (C=O) groups is 1. The highest BCUT2D eigenvalue weighted by molar-refractivity contribution is 5.94. The number of rotatable bonds is 3. The number of benzene rings is 1. The second-order valence-electron chi connectivity index (χ2n) is 4.62. The van der Waals surface area contributed by atoms with Crippen LogP contribution in [0.5, 0.6) is 0 Å². The summed E-state index contributed by atoms with van der Waals surface area (Å²) in [5, 5.41) is 0. The Morgan fingerprint density at radius 3 is 2.79 bits per heavy atom. The molecular formula is C16H25NO2. The van der Waals surface area contributed by atoms with Crippen molar-refractivity contribution in [3.63, 3.8) is 0 Å². The third-order valence-electron chi connectivity index (χ3n) is 3.26. The summed E-state index contributed by atoms with van der Waals surface area (Å²) in [7, 11) is 1.69. The van der Waals surface area contributed by atoms with E-state index in [1.807, 2.05) is 49.9 Å². The van der Waals surface area contributed by atoms with Gasteiger partial charge in [0.05, 0.1) is 12.6 Å². The van der Waals surface area contributed by atoms with Gasteiger partial charge in [0, 0.05) is 19.2 Å². The lowest BCUT2D eigenvalue weighted by Crippen LogP contribution is -2.38. The molecule has 3 heteroatoms. The van der Waals surface area contributed by atoms with Crippen LogP contribution in [-0.2, 0) is 4.74 Å². The van der Waals surface area contributed by atoms with Gasteiger partial charge >= 0.3 is 0 Å². The van der Waals surface area contributed by atoms with Crippen LogP contribution in [-0.4, -0.2) is 37.1 Å². The third kappa shape index (κ3) is 4.06. The van der Waals surface area contributed by atoms with Gasteiger partial charge in [-0.15, -0.1) is 0 Å². The van der Waals surface area contributed by atoms with Crippen molar-refractivity contribution >= 4 is 5.91 Å². The normalized spacial score (nSPS) is 17.9. The molecule has 2 rings (SSSR count). The average Bonchev–Trinajstić information content (AvgIpc) is 2.89. The molecule has 1 fully saturated rings. The van der Waals surface area contributed by atoms with Gasteiger partial charge in [0.15, 0.2) is 0 Å². The van der Waals surface area contributed by atoms with Crippen LogP contribution in [0.4, 0.5) is 0 Å². The van der Waals surface area contributed by atoms with Crippen molar-refractivity contribution in [1.29, 1.82) is 0 Å². The fourth-order valence-corrected chi connectivity index (χ4v) is 2.41. The molecule has 0 bridgehead atoms. The summed E-state index contributed by atoms with van der Waals surface area (Å²) >= 11 is 0. The van der Waals surface area contributed by atoms with Crippen molar-refractivity contribution < 1.29 is 9.53 Å². The lowest BCUT2D eigenvalue weighted by molar-refractivity contribution is 0.0630. The highest BCUT2D eigenvalue weighted by Crippen LogP contribution is 2.20. The smallest absolute Gasteiger partial charge is 0.254 e. The number of ether oxygens (including phenoxy) is 1. The van der Waals surface area contributed by atoms with Crippen molar-refractivity contribution in [2.75, 3.05) is 20.3 Å². The number of amides is 1. The van der Waals surface area contributed by atoms with Crippen LogP contribution < -0.4 is 0 Å². The summed E-state index contributed by atoms with van der Waals surface area (Å²) in [5.41, 5.74) is 1.91. The maximum Gasteiger partial charge on any atom is 0.254 e. The number of likely N-dealkylation sites (tertiary alicyclic amines) is 1. The summed E-state index contributed by atoms with van der Waals surface area (Å²) in [5.74, 6) is 0.133. The van der Waals surface area contributed by atoms with Gasteiger partial charge in [0.2, 0.25) is 0 Å². The largest absolute Gasteiger partial charge is 0.383 e. The van der Waals surface area contributed by atoms with Gasteiger partial charge in [0.1, 0.15) is 0 Å². The zero-order valence-corrected chi connectivity index (χ0v) is 12.5. The number of carbonyl (C=O) groups excluding carboxylic acids is 1. The average molecular weight is 263 g/mol. The molecule has 1 amide bonds. The first kappa shape index (κ1) is 15.7. The number of aryl methyl sites for hydroxylation is 1. The summed E-state index contributed by atoms with van der Waals surface area (Å²) in [6.45, 7) is 7.49. The maximum atomic E-state index is 12.4. The first-order chi connectivity index (χ1) is 9.22. The molecular weight excluding hydrogens is 238 g/mol. The minimum absolute atomic E-state index is 0.133. The molecule has 0 radical (unpaired) electrons. The second-order valence-corrected chi connectivity index (χ2v) is 4.62. The molecule has 0 N–H and O–H groups in total. The zero-order chi connectivity index (χ0) is 14.3. The molecule has 1 atom stereocenters. The molecule has 19 heavy (non-hydrogen) atoms. The van der Waals surface area contributed by atoms with Gasteiger partial charge in [-0.05, 0) is 31.9 Å². The number of hydrogen-bond acceptors (Lipinski definition) is 2. The molecule has 0 saturated carbocycles. The molecule has 1 heterocycles. The number of methoxy groups -OCH3 is 1. The molecule has 1 aliphatic heterocycles. The highest BCUT2D eigenvalue weighted by Gasteiger charge is 2.29. The monoisotopic (exact) mass is 263 g/mol. The molecule has 0 spiro atoms. The number of hydrogen-bond donors (Lipinski definition) is 0. The predicted octanol–water partition coefficient (Wildman–Crippen LogP) is 3.27. The Morgan fingerprint density at radius 2 is 2.16 bits per heavy atom. The molecule has 1 aromatic carbocycles. The first-order valence-electron chi connectivity index (χ1n) is 7.09. The van der Waals surface area contributed by atoms with Gasteiger partial charge in [-0.1, -0.05) is 31.5 Å². The standard InChI is InChI=1S/C14H19NO2.C2H6/c1-11-5-3-6-12(9-11)14(16)15-8-4-7-13(15)10-17-2;1-2/h3,5-6,9,13H,4,7-8,10H2,1-2H3;1-2H3/t13-;/m1./s1. The van der Waals surface area contributed by atoms with Crippen LogP contribution in [0.1, 0.15) is 42.6 Å². The molecule has 0 aromatic heterocycles. The van der Waals surface area contributed by atoms with E-state index in [-0.39, 0.29) is 11.9 Å². The highest BCUT2D eigenvalue weighted by atomic mass is 16.5. The molecule has 106 valence electrons. The van der Waals surface area contributed by atoms with Crippen molar-refractivity contribution in [3.8, 4) is 0 Å². The molecule has 1 aromatic rings. The summed E-state index contributed by atoms with van der Waals surface area (Å²) in [6.07, 6.45) is 2.12. The predicted molar refractivity (Wildman–Crippen MR) is 78.5 cm³/mol. The van der Waals surface area contributed by atoms with E-state index in [0.29, 0.717) is 6.61 Å². The lowest BCUT2D eigenvalue weighted by atomic mass is 10.1. The molecule has 0 unspecified atom stereocenters. The Balaban J connectivity index is 0.000000861. The first-order valence-corrected chi connectivity index (χ1v) is 7.09. The van der Waals surface area contributed by atoms with E-state index in [4.69, 9.17) is 4.74 Å². The van der Waals surface area contributed by atoms with E-state index in [1.165, 1.54) is 0 Å². The van der Waals surface area contributed by atoms with Gasteiger partial charge < -0.3 is 9.64 Å². The third-order valence-corrected chi connectivity index (χ3v) is 3.26. The molecule has 0 aliphatic carbocycles. The van der Waals surface area contributed by atoms with E-state index in [0.717, 1.165) is 30.5 Å². The van der Waals surface area contributed by atoms with Crippen LogP contribution in [0.3, 0.4) is 0 Å². The van der Waals surface area contributed by atoms with Crippen LogP contribution in [0, 0.1) is 6.92 Å². The number of nitrogens with zero attached hydrogens (tertiary/aromatic N) is 1. The fraction of sp³-hybridized carbons (Fsp3) is 0.562. The quantitative estimate of drug-likeness (QED) is 0.837. The maximum absolute atomic E-state index is 12.4. The minimum atomic E-state index is 0.133. The Hall–Kier alpha value is -1.35. The van der Waals surface area contributed by atoms with Gasteiger partial charge in [-0.25, -0.2) is 0 Å². The topological polar surface area (TPSA) is 29.5 Å². The van der Waals surface area contributed by atoms with E-state index in [9.17, 15) is 4.79 Å². The molecule has 1 aliphatic rings. The van der Waals surface area contributed by atoms with Crippen molar-refractivity contribution in [3.05, 3.63) is 35.4 Å². The van der Waals surface area contributed by atoms with Crippen molar-refractivity contribution in [2.24, 2.45) is 0 Å². The van der Waals surface area contributed by atoms with Gasteiger partial charge in [-0.3, -0.25) is 4.79 Å².